The van der Waals surface area contributed by atoms with E-state index >= 15 is 0 Å². The Balaban J connectivity index is 1.40. The van der Waals surface area contributed by atoms with Crippen LogP contribution in [-0.4, -0.2) is 61.9 Å². The molecule has 0 unspecified atom stereocenters. The van der Waals surface area contributed by atoms with Crippen LogP contribution in [0, 0.1) is 17.7 Å². The lowest BCUT2D eigenvalue weighted by atomic mass is 9.79. The third-order valence-corrected chi connectivity index (χ3v) is 7.66. The molecule has 6 nitrogen and oxygen atoms in total. The number of methoxy groups -OCH3 is 1. The fourth-order valence-corrected chi connectivity index (χ4v) is 5.51. The average Bonchev–Trinajstić information content (AvgIpc) is 3.70. The van der Waals surface area contributed by atoms with E-state index < -0.39 is 5.60 Å². The molecule has 2 saturated heterocycles. The SMILES string of the molecule is CCCCOC(=O)[C@@]1(C2CC2)CC[C@@H](N2CC[C@@H](c3ccc(F)cc3)[C@H](C(=O)OC)C2)CO1. The molecule has 0 radical (unpaired) electrons. The van der Waals surface area contributed by atoms with Crippen molar-refractivity contribution in [3.63, 3.8) is 0 Å². The maximum Gasteiger partial charge on any atom is 0.338 e. The van der Waals surface area contributed by atoms with Gasteiger partial charge in [0.05, 0.1) is 26.2 Å². The molecule has 4 atom stereocenters. The molecular formula is C26H36FNO5. The molecule has 0 spiro atoms. The Morgan fingerprint density at radius 3 is 2.55 bits per heavy atom. The zero-order valence-corrected chi connectivity index (χ0v) is 19.8. The molecule has 0 N–H and O–H groups in total. The number of likely N-dealkylation sites (tertiary alicyclic amines) is 1. The number of carbonyl (C=O) groups is 2. The normalized spacial score (nSPS) is 30.6. The lowest BCUT2D eigenvalue weighted by Crippen LogP contribution is -2.56. The van der Waals surface area contributed by atoms with Gasteiger partial charge in [0.15, 0.2) is 5.60 Å². The van der Waals surface area contributed by atoms with Crippen LogP contribution >= 0.6 is 0 Å². The summed E-state index contributed by atoms with van der Waals surface area (Å²) in [5, 5.41) is 0. The zero-order valence-electron chi connectivity index (χ0n) is 19.8. The molecule has 182 valence electrons. The summed E-state index contributed by atoms with van der Waals surface area (Å²) >= 11 is 0. The van der Waals surface area contributed by atoms with Crippen LogP contribution in [0.4, 0.5) is 4.39 Å². The number of nitrogens with zero attached hydrogens (tertiary/aromatic N) is 1. The second-order valence-corrected chi connectivity index (χ2v) is 9.73. The molecule has 0 amide bonds. The summed E-state index contributed by atoms with van der Waals surface area (Å²) in [4.78, 5) is 27.9. The van der Waals surface area contributed by atoms with E-state index in [1.807, 2.05) is 0 Å². The highest BCUT2D eigenvalue weighted by molar-refractivity contribution is 5.80. The molecule has 3 aliphatic rings. The first-order valence-electron chi connectivity index (χ1n) is 12.4. The molecule has 2 aliphatic heterocycles. The van der Waals surface area contributed by atoms with Gasteiger partial charge >= 0.3 is 11.9 Å². The highest BCUT2D eigenvalue weighted by Crippen LogP contribution is 2.48. The van der Waals surface area contributed by atoms with Gasteiger partial charge in [0.25, 0.3) is 0 Å². The van der Waals surface area contributed by atoms with E-state index in [-0.39, 0.29) is 41.6 Å². The second kappa shape index (κ2) is 10.5. The van der Waals surface area contributed by atoms with Crippen LogP contribution in [0.15, 0.2) is 24.3 Å². The van der Waals surface area contributed by atoms with Gasteiger partial charge in [0, 0.05) is 12.6 Å². The van der Waals surface area contributed by atoms with Crippen LogP contribution in [-0.2, 0) is 23.8 Å². The summed E-state index contributed by atoms with van der Waals surface area (Å²) in [6.07, 6.45) is 6.17. The van der Waals surface area contributed by atoms with Gasteiger partial charge in [-0.25, -0.2) is 9.18 Å². The summed E-state index contributed by atoms with van der Waals surface area (Å²) in [6.45, 7) is 4.39. The van der Waals surface area contributed by atoms with Crippen LogP contribution < -0.4 is 0 Å². The Morgan fingerprint density at radius 2 is 1.94 bits per heavy atom. The minimum Gasteiger partial charge on any atom is -0.469 e. The maximum absolute atomic E-state index is 13.4. The van der Waals surface area contributed by atoms with Crippen LogP contribution in [0.1, 0.15) is 63.4 Å². The van der Waals surface area contributed by atoms with Crippen molar-refractivity contribution in [3.8, 4) is 0 Å². The number of benzene rings is 1. The van der Waals surface area contributed by atoms with E-state index in [1.165, 1.54) is 19.2 Å². The highest BCUT2D eigenvalue weighted by atomic mass is 19.1. The standard InChI is InChI=1S/C26H36FNO5/c1-3-4-15-32-25(30)26(19-7-8-19)13-11-21(17-33-26)28-14-12-22(23(16-28)24(29)31-2)18-5-9-20(27)10-6-18/h5-6,9-10,19,21-23H,3-4,7-8,11-17H2,1-2H3/t21-,22+,23-,26+/m1/s1. The number of hydrogen-bond donors (Lipinski definition) is 0. The Hall–Kier alpha value is -1.99. The van der Waals surface area contributed by atoms with Gasteiger partial charge in [-0.1, -0.05) is 25.5 Å². The van der Waals surface area contributed by atoms with Crippen molar-refractivity contribution in [3.05, 3.63) is 35.6 Å². The number of esters is 2. The number of rotatable bonds is 8. The molecule has 3 fully saturated rings. The van der Waals surface area contributed by atoms with Gasteiger partial charge in [-0.15, -0.1) is 0 Å². The van der Waals surface area contributed by atoms with Crippen molar-refractivity contribution in [1.29, 1.82) is 0 Å². The van der Waals surface area contributed by atoms with Crippen LogP contribution in [0.5, 0.6) is 0 Å². The average molecular weight is 462 g/mol. The number of carbonyl (C=O) groups excluding carboxylic acids is 2. The van der Waals surface area contributed by atoms with Crippen molar-refractivity contribution < 1.29 is 28.2 Å². The summed E-state index contributed by atoms with van der Waals surface area (Å²) in [5.41, 5.74) is 0.173. The molecule has 1 saturated carbocycles. The summed E-state index contributed by atoms with van der Waals surface area (Å²) in [7, 11) is 1.42. The van der Waals surface area contributed by atoms with Gasteiger partial charge in [0.1, 0.15) is 5.82 Å². The first-order valence-corrected chi connectivity index (χ1v) is 12.4. The predicted octanol–water partition coefficient (Wildman–Crippen LogP) is 4.08. The van der Waals surface area contributed by atoms with E-state index in [2.05, 4.69) is 11.8 Å². The summed E-state index contributed by atoms with van der Waals surface area (Å²) in [6, 6.07) is 6.58. The molecule has 1 aromatic carbocycles. The van der Waals surface area contributed by atoms with E-state index in [9.17, 15) is 14.0 Å². The fraction of sp³-hybridized carbons (Fsp3) is 0.692. The first-order chi connectivity index (χ1) is 16.0. The Morgan fingerprint density at radius 1 is 1.18 bits per heavy atom. The fourth-order valence-electron chi connectivity index (χ4n) is 5.51. The number of hydrogen-bond acceptors (Lipinski definition) is 6. The number of ether oxygens (including phenoxy) is 3. The van der Waals surface area contributed by atoms with Gasteiger partial charge in [-0.2, -0.15) is 0 Å². The van der Waals surface area contributed by atoms with Gasteiger partial charge in [-0.05, 0) is 74.6 Å². The van der Waals surface area contributed by atoms with Crippen molar-refractivity contribution in [2.24, 2.45) is 11.8 Å². The number of unbranched alkanes of at least 4 members (excludes halogenated alkanes) is 1. The molecule has 33 heavy (non-hydrogen) atoms. The number of piperidine rings is 1. The Kier molecular flexibility index (Phi) is 7.69. The quantitative estimate of drug-likeness (QED) is 0.429. The molecule has 2 heterocycles. The molecule has 0 aromatic heterocycles. The zero-order chi connectivity index (χ0) is 23.4. The van der Waals surface area contributed by atoms with E-state index in [4.69, 9.17) is 14.2 Å². The lowest BCUT2D eigenvalue weighted by Gasteiger charge is -2.46. The summed E-state index contributed by atoms with van der Waals surface area (Å²) < 4.78 is 30.4. The van der Waals surface area contributed by atoms with Crippen LogP contribution in [0.2, 0.25) is 0 Å². The molecule has 1 aliphatic carbocycles. The molecule has 0 bridgehead atoms. The van der Waals surface area contributed by atoms with E-state index in [0.717, 1.165) is 50.6 Å². The van der Waals surface area contributed by atoms with Crippen molar-refractivity contribution in [2.45, 2.75) is 69.4 Å². The third kappa shape index (κ3) is 5.24. The van der Waals surface area contributed by atoms with Gasteiger partial charge in [-0.3, -0.25) is 9.69 Å². The van der Waals surface area contributed by atoms with E-state index in [0.29, 0.717) is 26.2 Å². The van der Waals surface area contributed by atoms with Crippen molar-refractivity contribution in [1.82, 2.24) is 4.90 Å². The molecular weight excluding hydrogens is 425 g/mol. The highest BCUT2D eigenvalue weighted by Gasteiger charge is 2.55. The summed E-state index contributed by atoms with van der Waals surface area (Å²) in [5.74, 6) is -0.768. The lowest BCUT2D eigenvalue weighted by molar-refractivity contribution is -0.189. The predicted molar refractivity (Wildman–Crippen MR) is 121 cm³/mol. The monoisotopic (exact) mass is 461 g/mol. The largest absolute Gasteiger partial charge is 0.469 e. The van der Waals surface area contributed by atoms with E-state index in [1.54, 1.807) is 12.1 Å². The molecule has 1 aromatic rings. The first kappa shape index (κ1) is 24.1. The topological polar surface area (TPSA) is 65.1 Å². The Bertz CT molecular complexity index is 816. The van der Waals surface area contributed by atoms with Gasteiger partial charge in [0.2, 0.25) is 0 Å². The minimum atomic E-state index is -0.793. The minimum absolute atomic E-state index is 0.00194. The van der Waals surface area contributed by atoms with Crippen LogP contribution in [0.3, 0.4) is 0 Å². The molecule has 4 rings (SSSR count). The van der Waals surface area contributed by atoms with Crippen LogP contribution in [0.25, 0.3) is 0 Å². The smallest absolute Gasteiger partial charge is 0.338 e. The molecule has 7 heteroatoms. The second-order valence-electron chi connectivity index (χ2n) is 9.73. The Labute approximate surface area is 195 Å². The van der Waals surface area contributed by atoms with Crippen molar-refractivity contribution in [2.75, 3.05) is 33.4 Å². The number of halogens is 1. The third-order valence-electron chi connectivity index (χ3n) is 7.66. The maximum atomic E-state index is 13.4. The van der Waals surface area contributed by atoms with Gasteiger partial charge < -0.3 is 14.2 Å². The van der Waals surface area contributed by atoms with Crippen molar-refractivity contribution >= 4 is 11.9 Å².